The zero-order valence-electron chi connectivity index (χ0n) is 10.0. The number of nitrogens with zero attached hydrogens (tertiary/aromatic N) is 1. The Hall–Kier alpha value is -0.910. The van der Waals surface area contributed by atoms with Gasteiger partial charge in [0.25, 0.3) is 0 Å². The van der Waals surface area contributed by atoms with Crippen LogP contribution in [0.4, 0.5) is 5.69 Å². The highest BCUT2D eigenvalue weighted by atomic mass is 32.2. The molecule has 2 atom stereocenters. The van der Waals surface area contributed by atoms with Crippen molar-refractivity contribution in [3.63, 3.8) is 0 Å². The summed E-state index contributed by atoms with van der Waals surface area (Å²) in [4.78, 5) is 2.19. The number of hydrogen-bond donors (Lipinski definition) is 0. The van der Waals surface area contributed by atoms with E-state index in [4.69, 9.17) is 8.37 Å². The van der Waals surface area contributed by atoms with Crippen LogP contribution in [0.3, 0.4) is 0 Å². The zero-order chi connectivity index (χ0) is 12.3. The minimum absolute atomic E-state index is 0.122. The Bertz CT molecular complexity index is 369. The van der Waals surface area contributed by atoms with E-state index >= 15 is 0 Å². The van der Waals surface area contributed by atoms with Crippen molar-refractivity contribution in [1.82, 2.24) is 0 Å². The summed E-state index contributed by atoms with van der Waals surface area (Å²) < 4.78 is 21.8. The third-order valence-electron chi connectivity index (χ3n) is 2.56. The maximum Gasteiger partial charge on any atom is 0.305 e. The summed E-state index contributed by atoms with van der Waals surface area (Å²) in [6.07, 6.45) is -0.243. The average molecular weight is 255 g/mol. The molecular formula is C12H17NO3S. The van der Waals surface area contributed by atoms with Crippen molar-refractivity contribution in [2.75, 3.05) is 18.0 Å². The lowest BCUT2D eigenvalue weighted by Crippen LogP contribution is -2.41. The second-order valence-electron chi connectivity index (χ2n) is 4.26. The van der Waals surface area contributed by atoms with Crippen molar-refractivity contribution < 1.29 is 12.6 Å². The van der Waals surface area contributed by atoms with Crippen LogP contribution in [0.5, 0.6) is 0 Å². The van der Waals surface area contributed by atoms with Crippen LogP contribution >= 0.6 is 0 Å². The van der Waals surface area contributed by atoms with E-state index < -0.39 is 11.4 Å². The summed E-state index contributed by atoms with van der Waals surface area (Å²) in [5, 5.41) is 0. The quantitative estimate of drug-likeness (QED) is 0.768. The molecule has 1 aliphatic heterocycles. The molecule has 1 fully saturated rings. The Morgan fingerprint density at radius 3 is 2.18 bits per heavy atom. The van der Waals surface area contributed by atoms with Crippen LogP contribution in [0, 0.1) is 0 Å². The molecule has 0 radical (unpaired) electrons. The Labute approximate surface area is 104 Å². The lowest BCUT2D eigenvalue weighted by molar-refractivity contribution is 0.148. The Morgan fingerprint density at radius 1 is 1.12 bits per heavy atom. The Morgan fingerprint density at radius 2 is 1.65 bits per heavy atom. The van der Waals surface area contributed by atoms with Crippen molar-refractivity contribution in [3.05, 3.63) is 30.3 Å². The second-order valence-corrected chi connectivity index (χ2v) is 5.05. The molecule has 1 saturated heterocycles. The van der Waals surface area contributed by atoms with Gasteiger partial charge in [-0.15, -0.1) is 0 Å². The molecule has 5 heteroatoms. The van der Waals surface area contributed by atoms with Crippen LogP contribution in [0.15, 0.2) is 30.3 Å². The van der Waals surface area contributed by atoms with E-state index in [1.165, 1.54) is 0 Å². The van der Waals surface area contributed by atoms with Gasteiger partial charge in [0.15, 0.2) is 0 Å². The maximum absolute atomic E-state index is 11.3. The van der Waals surface area contributed by atoms with Crippen molar-refractivity contribution in [2.45, 2.75) is 26.1 Å². The van der Waals surface area contributed by atoms with E-state index in [0.29, 0.717) is 13.1 Å². The standard InChI is InChI=1S/C12H17NO3S/c1-10-8-13(12-6-4-3-5-7-12)9-11(2)16-17(14)15-10/h3-7,10-11H,8-9H2,1-2H3/t10-,11-/m1/s1. The normalized spacial score (nSPS) is 27.5. The first-order valence-electron chi connectivity index (χ1n) is 5.71. The molecule has 0 N–H and O–H groups in total. The molecule has 1 aromatic rings. The fourth-order valence-electron chi connectivity index (χ4n) is 1.90. The number of hydrogen-bond acceptors (Lipinski definition) is 4. The molecule has 94 valence electrons. The molecule has 1 aromatic carbocycles. The first-order valence-corrected chi connectivity index (χ1v) is 6.71. The lowest BCUT2D eigenvalue weighted by atomic mass is 10.2. The molecule has 2 rings (SSSR count). The molecule has 0 bridgehead atoms. The minimum Gasteiger partial charge on any atom is -0.366 e. The van der Waals surface area contributed by atoms with Crippen molar-refractivity contribution in [3.8, 4) is 0 Å². The van der Waals surface area contributed by atoms with Crippen LogP contribution in [-0.4, -0.2) is 29.5 Å². The van der Waals surface area contributed by atoms with Crippen molar-refractivity contribution >= 4 is 17.0 Å². The summed E-state index contributed by atoms with van der Waals surface area (Å²) in [6, 6.07) is 10.1. The van der Waals surface area contributed by atoms with E-state index in [-0.39, 0.29) is 12.2 Å². The molecule has 4 nitrogen and oxygen atoms in total. The van der Waals surface area contributed by atoms with Gasteiger partial charge < -0.3 is 4.90 Å². The van der Waals surface area contributed by atoms with Gasteiger partial charge in [-0.25, -0.2) is 0 Å². The van der Waals surface area contributed by atoms with Gasteiger partial charge in [0, 0.05) is 18.8 Å². The summed E-state index contributed by atoms with van der Waals surface area (Å²) in [5.41, 5.74) is 1.13. The van der Waals surface area contributed by atoms with Gasteiger partial charge in [-0.05, 0) is 26.0 Å². The zero-order valence-corrected chi connectivity index (χ0v) is 10.9. The van der Waals surface area contributed by atoms with E-state index in [0.717, 1.165) is 5.69 Å². The summed E-state index contributed by atoms with van der Waals surface area (Å²) >= 11 is -1.63. The van der Waals surface area contributed by atoms with Gasteiger partial charge in [0.2, 0.25) is 0 Å². The Kier molecular flexibility index (Phi) is 4.15. The van der Waals surface area contributed by atoms with Gasteiger partial charge >= 0.3 is 11.4 Å². The largest absolute Gasteiger partial charge is 0.366 e. The maximum atomic E-state index is 11.3. The van der Waals surface area contributed by atoms with Crippen molar-refractivity contribution in [1.29, 1.82) is 0 Å². The van der Waals surface area contributed by atoms with Crippen LogP contribution in [-0.2, 0) is 19.7 Å². The topological polar surface area (TPSA) is 38.8 Å². The fraction of sp³-hybridized carbons (Fsp3) is 0.500. The van der Waals surface area contributed by atoms with Gasteiger partial charge in [0.1, 0.15) is 0 Å². The monoisotopic (exact) mass is 255 g/mol. The molecule has 17 heavy (non-hydrogen) atoms. The highest BCUT2D eigenvalue weighted by molar-refractivity contribution is 7.75. The first-order chi connectivity index (χ1) is 8.15. The van der Waals surface area contributed by atoms with E-state index in [1.807, 2.05) is 32.0 Å². The predicted molar refractivity (Wildman–Crippen MR) is 67.9 cm³/mol. The summed E-state index contributed by atoms with van der Waals surface area (Å²) in [6.45, 7) is 5.22. The molecule has 0 aromatic heterocycles. The third kappa shape index (κ3) is 3.52. The van der Waals surface area contributed by atoms with Crippen LogP contribution < -0.4 is 4.90 Å². The van der Waals surface area contributed by atoms with Crippen molar-refractivity contribution in [2.24, 2.45) is 0 Å². The highest BCUT2D eigenvalue weighted by Gasteiger charge is 2.22. The summed E-state index contributed by atoms with van der Waals surface area (Å²) in [7, 11) is 0. The van der Waals surface area contributed by atoms with E-state index in [2.05, 4.69) is 17.0 Å². The second kappa shape index (κ2) is 5.62. The van der Waals surface area contributed by atoms with Gasteiger partial charge in [-0.1, -0.05) is 18.2 Å². The van der Waals surface area contributed by atoms with Gasteiger partial charge in [0.05, 0.1) is 12.2 Å². The number of para-hydroxylation sites is 1. The van der Waals surface area contributed by atoms with E-state index in [9.17, 15) is 4.21 Å². The first kappa shape index (κ1) is 12.5. The van der Waals surface area contributed by atoms with Crippen LogP contribution in [0.25, 0.3) is 0 Å². The molecular weight excluding hydrogens is 238 g/mol. The molecule has 0 spiro atoms. The van der Waals surface area contributed by atoms with Gasteiger partial charge in [-0.2, -0.15) is 4.21 Å². The van der Waals surface area contributed by atoms with E-state index in [1.54, 1.807) is 0 Å². The minimum atomic E-state index is -1.63. The number of anilines is 1. The third-order valence-corrected chi connectivity index (χ3v) is 3.53. The summed E-state index contributed by atoms with van der Waals surface area (Å²) in [5.74, 6) is 0. The molecule has 0 saturated carbocycles. The average Bonchev–Trinajstić information content (AvgIpc) is 2.27. The molecule has 1 aliphatic rings. The Balaban J connectivity index is 2.13. The smallest absolute Gasteiger partial charge is 0.305 e. The lowest BCUT2D eigenvalue weighted by Gasteiger charge is -2.32. The number of benzene rings is 1. The molecule has 0 aliphatic carbocycles. The molecule has 0 amide bonds. The number of rotatable bonds is 1. The fourth-order valence-corrected chi connectivity index (χ4v) is 2.60. The van der Waals surface area contributed by atoms with Crippen LogP contribution in [0.2, 0.25) is 0 Å². The van der Waals surface area contributed by atoms with Gasteiger partial charge in [-0.3, -0.25) is 8.37 Å². The SMILES string of the molecule is C[C@@H]1CN(c2ccccc2)C[C@@H](C)OS(=O)O1. The molecule has 1 heterocycles. The predicted octanol–water partition coefficient (Wildman–Crippen LogP) is 1.90. The highest BCUT2D eigenvalue weighted by Crippen LogP contribution is 2.18. The molecule has 0 unspecified atom stereocenters. The van der Waals surface area contributed by atoms with Crippen LogP contribution in [0.1, 0.15) is 13.8 Å².